The van der Waals surface area contributed by atoms with Crippen molar-refractivity contribution in [3.63, 3.8) is 0 Å². The Bertz CT molecular complexity index is 987. The van der Waals surface area contributed by atoms with Crippen LogP contribution >= 0.6 is 23.5 Å². The van der Waals surface area contributed by atoms with Gasteiger partial charge in [-0.1, -0.05) is 59.9 Å². The third-order valence-corrected chi connectivity index (χ3v) is 6.85. The number of rotatable bonds is 4. The molecule has 2 aromatic rings. The molecule has 0 spiro atoms. The fourth-order valence-electron chi connectivity index (χ4n) is 3.55. The highest BCUT2D eigenvalue weighted by atomic mass is 32.2. The van der Waals surface area contributed by atoms with E-state index in [-0.39, 0.29) is 5.82 Å². The predicted molar refractivity (Wildman–Crippen MR) is 117 cm³/mol. The van der Waals surface area contributed by atoms with Crippen molar-refractivity contribution in [2.45, 2.75) is 19.0 Å². The van der Waals surface area contributed by atoms with E-state index in [2.05, 4.69) is 44.9 Å². The second kappa shape index (κ2) is 7.64. The number of nitrogens with one attached hydrogen (secondary N) is 1. The minimum Gasteiger partial charge on any atom is -0.335 e. The average molecular weight is 411 g/mol. The van der Waals surface area contributed by atoms with Crippen LogP contribution in [0, 0.1) is 5.82 Å². The van der Waals surface area contributed by atoms with Gasteiger partial charge in [0.15, 0.2) is 10.3 Å². The zero-order chi connectivity index (χ0) is 18.9. The molecule has 142 valence electrons. The van der Waals surface area contributed by atoms with Crippen LogP contribution in [0.5, 0.6) is 0 Å². The van der Waals surface area contributed by atoms with Crippen LogP contribution in [0.1, 0.15) is 11.1 Å². The molecule has 0 bridgehead atoms. The average Bonchev–Trinajstić information content (AvgIpc) is 3.28. The third kappa shape index (κ3) is 3.56. The molecule has 2 aromatic carbocycles. The lowest BCUT2D eigenvalue weighted by Crippen LogP contribution is -2.26. The number of hydrogen-bond acceptors (Lipinski definition) is 6. The number of amidine groups is 2. The lowest BCUT2D eigenvalue weighted by Gasteiger charge is -2.21. The minimum absolute atomic E-state index is 0.199. The molecule has 1 atom stereocenters. The Morgan fingerprint density at radius 3 is 2.96 bits per heavy atom. The van der Waals surface area contributed by atoms with E-state index in [1.54, 1.807) is 29.6 Å². The lowest BCUT2D eigenvalue weighted by molar-refractivity contribution is 0.512. The highest BCUT2D eigenvalue weighted by Crippen LogP contribution is 2.34. The molecule has 0 fully saturated rings. The molecule has 3 heterocycles. The van der Waals surface area contributed by atoms with Crippen LogP contribution in [0.4, 0.5) is 10.1 Å². The van der Waals surface area contributed by atoms with Gasteiger partial charge in [-0.3, -0.25) is 9.98 Å². The predicted octanol–water partition coefficient (Wildman–Crippen LogP) is 4.71. The van der Waals surface area contributed by atoms with Gasteiger partial charge in [-0.25, -0.2) is 4.39 Å². The molecule has 0 aliphatic carbocycles. The van der Waals surface area contributed by atoms with Gasteiger partial charge in [0.05, 0.1) is 12.6 Å². The summed E-state index contributed by atoms with van der Waals surface area (Å²) in [6.07, 6.45) is 0.971. The number of nitrogens with zero attached hydrogens (tertiary/aromatic N) is 3. The molecule has 1 N–H and O–H groups in total. The summed E-state index contributed by atoms with van der Waals surface area (Å²) in [5.41, 5.74) is 4.05. The first-order valence-corrected chi connectivity index (χ1v) is 11.1. The normalized spacial score (nSPS) is 20.1. The van der Waals surface area contributed by atoms with Gasteiger partial charge >= 0.3 is 0 Å². The summed E-state index contributed by atoms with van der Waals surface area (Å²) in [6.45, 7) is 1.32. The van der Waals surface area contributed by atoms with Crippen molar-refractivity contribution in [1.29, 1.82) is 0 Å². The maximum absolute atomic E-state index is 13.8. The monoisotopic (exact) mass is 410 g/mol. The van der Waals surface area contributed by atoms with Crippen molar-refractivity contribution in [1.82, 2.24) is 4.90 Å². The van der Waals surface area contributed by atoms with Crippen molar-refractivity contribution < 1.29 is 4.39 Å². The number of fused-ring (bicyclic) bond motifs is 2. The van der Waals surface area contributed by atoms with Crippen molar-refractivity contribution in [3.05, 3.63) is 76.6 Å². The third-order valence-electron chi connectivity index (χ3n) is 4.98. The summed E-state index contributed by atoms with van der Waals surface area (Å²) in [7, 11) is 0. The summed E-state index contributed by atoms with van der Waals surface area (Å²) in [6, 6.07) is 15.9. The van der Waals surface area contributed by atoms with Gasteiger partial charge in [0.2, 0.25) is 0 Å². The molecule has 0 amide bonds. The Morgan fingerprint density at radius 2 is 2.07 bits per heavy atom. The minimum atomic E-state index is -0.199. The van der Waals surface area contributed by atoms with E-state index >= 15 is 0 Å². The van der Waals surface area contributed by atoms with Crippen molar-refractivity contribution >= 4 is 39.5 Å². The van der Waals surface area contributed by atoms with Crippen LogP contribution < -0.4 is 5.32 Å². The molecule has 0 saturated heterocycles. The van der Waals surface area contributed by atoms with Gasteiger partial charge in [-0.05, 0) is 29.5 Å². The van der Waals surface area contributed by atoms with Gasteiger partial charge in [0.1, 0.15) is 5.82 Å². The first-order chi connectivity index (χ1) is 13.8. The van der Waals surface area contributed by atoms with Crippen LogP contribution in [0.15, 0.2) is 69.6 Å². The van der Waals surface area contributed by atoms with Crippen molar-refractivity contribution in [2.75, 3.05) is 17.6 Å². The molecule has 5 rings (SSSR count). The van der Waals surface area contributed by atoms with Gasteiger partial charge < -0.3 is 10.2 Å². The van der Waals surface area contributed by atoms with E-state index in [0.717, 1.165) is 34.7 Å². The van der Waals surface area contributed by atoms with Crippen LogP contribution in [0.2, 0.25) is 0 Å². The number of aliphatic imine (C=N–C) groups is 2. The standard InChI is InChI=1S/C21H19FN4S2/c22-18-7-4-8-19-17(18)10-23-20(25-19)27-12-16-13-28-21-24-15(11-26(16)21)9-14-5-2-1-3-6-14/h1-8,13,15H,9-12H2,(H,23,25). The van der Waals surface area contributed by atoms with E-state index in [0.29, 0.717) is 18.2 Å². The highest BCUT2D eigenvalue weighted by molar-refractivity contribution is 8.17. The smallest absolute Gasteiger partial charge is 0.168 e. The highest BCUT2D eigenvalue weighted by Gasteiger charge is 2.32. The summed E-state index contributed by atoms with van der Waals surface area (Å²) >= 11 is 3.36. The van der Waals surface area contributed by atoms with Crippen LogP contribution in [0.25, 0.3) is 0 Å². The first kappa shape index (κ1) is 17.8. The Labute approximate surface area is 172 Å². The molecule has 7 heteroatoms. The van der Waals surface area contributed by atoms with Crippen molar-refractivity contribution in [3.8, 4) is 0 Å². The zero-order valence-electron chi connectivity index (χ0n) is 15.1. The second-order valence-electron chi connectivity index (χ2n) is 6.89. The van der Waals surface area contributed by atoms with Gasteiger partial charge in [-0.2, -0.15) is 0 Å². The molecule has 0 radical (unpaired) electrons. The molecular weight excluding hydrogens is 391 g/mol. The molecule has 3 aliphatic rings. The van der Waals surface area contributed by atoms with Crippen molar-refractivity contribution in [2.24, 2.45) is 9.98 Å². The summed E-state index contributed by atoms with van der Waals surface area (Å²) in [5.74, 6) is 0.621. The quantitative estimate of drug-likeness (QED) is 0.792. The molecule has 1 unspecified atom stereocenters. The Kier molecular flexibility index (Phi) is 4.86. The number of halogens is 1. The topological polar surface area (TPSA) is 40.0 Å². The fraction of sp³-hybridized carbons (Fsp3) is 0.238. The number of anilines is 1. The van der Waals surface area contributed by atoms with Crippen LogP contribution in [0.3, 0.4) is 0 Å². The summed E-state index contributed by atoms with van der Waals surface area (Å²) in [4.78, 5) is 11.7. The fourth-order valence-corrected chi connectivity index (χ4v) is 5.50. The Balaban J connectivity index is 1.18. The summed E-state index contributed by atoms with van der Waals surface area (Å²) in [5, 5.41) is 7.38. The van der Waals surface area contributed by atoms with E-state index in [9.17, 15) is 4.39 Å². The maximum Gasteiger partial charge on any atom is 0.168 e. The van der Waals surface area contributed by atoms with Crippen LogP contribution in [-0.2, 0) is 13.0 Å². The second-order valence-corrected chi connectivity index (χ2v) is 8.69. The Hall–Kier alpha value is -2.25. The van der Waals surface area contributed by atoms with E-state index < -0.39 is 0 Å². The molecule has 4 nitrogen and oxygen atoms in total. The SMILES string of the molecule is Fc1cccc2c1CN=C(SCC1=CSC3=NC(Cc4ccccc4)CN13)N2. The van der Waals surface area contributed by atoms with E-state index in [1.165, 1.54) is 17.3 Å². The van der Waals surface area contributed by atoms with Gasteiger partial charge in [0, 0.05) is 29.2 Å². The van der Waals surface area contributed by atoms with Gasteiger partial charge in [0.25, 0.3) is 0 Å². The molecule has 0 aromatic heterocycles. The first-order valence-electron chi connectivity index (χ1n) is 9.23. The zero-order valence-corrected chi connectivity index (χ0v) is 16.8. The lowest BCUT2D eigenvalue weighted by atomic mass is 10.1. The molecule has 3 aliphatic heterocycles. The Morgan fingerprint density at radius 1 is 1.18 bits per heavy atom. The maximum atomic E-state index is 13.8. The number of benzene rings is 2. The molecule has 0 saturated carbocycles. The summed E-state index contributed by atoms with van der Waals surface area (Å²) < 4.78 is 13.8. The number of thioether (sulfide) groups is 2. The van der Waals surface area contributed by atoms with E-state index in [1.807, 2.05) is 12.1 Å². The van der Waals surface area contributed by atoms with Gasteiger partial charge in [-0.15, -0.1) is 0 Å². The number of hydrogen-bond donors (Lipinski definition) is 1. The largest absolute Gasteiger partial charge is 0.335 e. The van der Waals surface area contributed by atoms with E-state index in [4.69, 9.17) is 4.99 Å². The molecule has 28 heavy (non-hydrogen) atoms. The molecular formula is C21H19FN4S2. The van der Waals surface area contributed by atoms with Crippen LogP contribution in [-0.4, -0.2) is 33.6 Å².